The van der Waals surface area contributed by atoms with Crippen molar-refractivity contribution in [3.63, 3.8) is 0 Å². The van der Waals surface area contributed by atoms with Gasteiger partial charge in [-0.05, 0) is 34.8 Å². The third kappa shape index (κ3) is 2.14. The zero-order chi connectivity index (χ0) is 11.5. The molecule has 0 bridgehead atoms. The van der Waals surface area contributed by atoms with Gasteiger partial charge in [0.15, 0.2) is 10.9 Å². The van der Waals surface area contributed by atoms with Crippen LogP contribution in [0.3, 0.4) is 0 Å². The number of hydrogen-bond donors (Lipinski definition) is 2. The lowest BCUT2D eigenvalue weighted by molar-refractivity contribution is 0.715. The monoisotopic (exact) mass is 234 g/mol. The molecule has 0 aliphatic heterocycles. The Hall–Kier alpha value is -2.02. The normalized spacial score (nSPS) is 10.1. The first-order valence-corrected chi connectivity index (χ1v) is 4.97. The van der Waals surface area contributed by atoms with E-state index in [-0.39, 0.29) is 5.11 Å². The highest BCUT2D eigenvalue weighted by molar-refractivity contribution is 7.80. The van der Waals surface area contributed by atoms with E-state index in [1.54, 1.807) is 11.7 Å². The van der Waals surface area contributed by atoms with Gasteiger partial charge in [-0.25, -0.2) is 4.68 Å². The minimum absolute atomic E-state index is 0.230. The molecule has 0 spiro atoms. The van der Waals surface area contributed by atoms with Crippen LogP contribution >= 0.6 is 12.2 Å². The van der Waals surface area contributed by atoms with Gasteiger partial charge in [0.25, 0.3) is 0 Å². The maximum Gasteiger partial charge on any atom is 0.181 e. The van der Waals surface area contributed by atoms with E-state index >= 15 is 0 Å². The number of anilines is 1. The molecule has 0 saturated carbocycles. The molecule has 7 heteroatoms. The Balaban J connectivity index is 2.36. The predicted molar refractivity (Wildman–Crippen MR) is 64.6 cm³/mol. The number of rotatable bonds is 2. The highest BCUT2D eigenvalue weighted by atomic mass is 32.1. The molecule has 82 valence electrons. The average Bonchev–Trinajstić information content (AvgIpc) is 2.64. The van der Waals surface area contributed by atoms with Crippen molar-refractivity contribution in [3.8, 4) is 11.4 Å². The molecule has 16 heavy (non-hydrogen) atoms. The van der Waals surface area contributed by atoms with Gasteiger partial charge in [0.2, 0.25) is 0 Å². The zero-order valence-corrected chi connectivity index (χ0v) is 9.40. The van der Waals surface area contributed by atoms with Gasteiger partial charge >= 0.3 is 0 Å². The van der Waals surface area contributed by atoms with Crippen LogP contribution in [-0.2, 0) is 7.05 Å². The van der Waals surface area contributed by atoms with Crippen LogP contribution in [0.15, 0.2) is 24.3 Å². The van der Waals surface area contributed by atoms with Gasteiger partial charge in [-0.3, -0.25) is 0 Å². The summed E-state index contributed by atoms with van der Waals surface area (Å²) in [6, 6.07) is 7.54. The maximum atomic E-state index is 5.40. The Kier molecular flexibility index (Phi) is 2.78. The lowest BCUT2D eigenvalue weighted by atomic mass is 10.2. The van der Waals surface area contributed by atoms with E-state index in [1.165, 1.54) is 0 Å². The highest BCUT2D eigenvalue weighted by Gasteiger charge is 2.06. The fourth-order valence-corrected chi connectivity index (χ4v) is 1.47. The lowest BCUT2D eigenvalue weighted by Gasteiger charge is -2.05. The molecule has 0 fully saturated rings. The number of tetrazole rings is 1. The number of hydrogen-bond acceptors (Lipinski definition) is 4. The number of aromatic nitrogens is 4. The number of nitrogens with zero attached hydrogens (tertiary/aromatic N) is 4. The number of thiocarbonyl (C=S) groups is 1. The van der Waals surface area contributed by atoms with Crippen LogP contribution in [0.5, 0.6) is 0 Å². The molecular weight excluding hydrogens is 224 g/mol. The Morgan fingerprint density at radius 3 is 2.94 bits per heavy atom. The topological polar surface area (TPSA) is 81.7 Å². The Bertz CT molecular complexity index is 520. The van der Waals surface area contributed by atoms with Gasteiger partial charge in [0, 0.05) is 18.3 Å². The van der Waals surface area contributed by atoms with Crippen LogP contribution in [0.1, 0.15) is 0 Å². The highest BCUT2D eigenvalue weighted by Crippen LogP contribution is 2.19. The molecule has 0 saturated heterocycles. The summed E-state index contributed by atoms with van der Waals surface area (Å²) in [5.41, 5.74) is 7.11. The molecular formula is C9H10N6S. The second-order valence-corrected chi connectivity index (χ2v) is 3.64. The van der Waals surface area contributed by atoms with Gasteiger partial charge in [-0.1, -0.05) is 12.1 Å². The van der Waals surface area contributed by atoms with Crippen molar-refractivity contribution in [2.45, 2.75) is 0 Å². The van der Waals surface area contributed by atoms with Crippen LogP contribution in [0.25, 0.3) is 11.4 Å². The molecule has 0 amide bonds. The molecule has 0 aliphatic rings. The Morgan fingerprint density at radius 1 is 1.50 bits per heavy atom. The SMILES string of the molecule is Cn1nnnc1-c1cccc(NC(N)=S)c1. The molecule has 1 aromatic heterocycles. The Morgan fingerprint density at radius 2 is 2.31 bits per heavy atom. The van der Waals surface area contributed by atoms with Crippen molar-refractivity contribution < 1.29 is 0 Å². The van der Waals surface area contributed by atoms with E-state index in [9.17, 15) is 0 Å². The van der Waals surface area contributed by atoms with Crippen LogP contribution in [0.4, 0.5) is 5.69 Å². The fraction of sp³-hybridized carbons (Fsp3) is 0.111. The van der Waals surface area contributed by atoms with Gasteiger partial charge in [-0.15, -0.1) is 5.10 Å². The predicted octanol–water partition coefficient (Wildman–Crippen LogP) is 0.533. The van der Waals surface area contributed by atoms with E-state index in [4.69, 9.17) is 18.0 Å². The average molecular weight is 234 g/mol. The van der Waals surface area contributed by atoms with E-state index in [1.807, 2.05) is 24.3 Å². The summed E-state index contributed by atoms with van der Waals surface area (Å²) in [7, 11) is 1.78. The molecule has 0 radical (unpaired) electrons. The van der Waals surface area contributed by atoms with Crippen LogP contribution in [0, 0.1) is 0 Å². The zero-order valence-electron chi connectivity index (χ0n) is 8.58. The minimum atomic E-state index is 0.230. The second kappa shape index (κ2) is 4.23. The maximum absolute atomic E-state index is 5.40. The molecule has 0 unspecified atom stereocenters. The largest absolute Gasteiger partial charge is 0.376 e. The van der Waals surface area contributed by atoms with Crippen LogP contribution < -0.4 is 11.1 Å². The molecule has 2 rings (SSSR count). The summed E-state index contributed by atoms with van der Waals surface area (Å²) >= 11 is 4.77. The third-order valence-electron chi connectivity index (χ3n) is 2.01. The summed E-state index contributed by atoms with van der Waals surface area (Å²) in [6.45, 7) is 0. The number of nitrogens with two attached hydrogens (primary N) is 1. The lowest BCUT2D eigenvalue weighted by Crippen LogP contribution is -2.18. The standard InChI is InChI=1S/C9H10N6S/c1-15-8(12-13-14-15)6-3-2-4-7(5-6)11-9(10)16/h2-5H,1H3,(H3,10,11,16). The minimum Gasteiger partial charge on any atom is -0.376 e. The van der Waals surface area contributed by atoms with E-state index in [0.29, 0.717) is 5.82 Å². The Labute approximate surface area is 97.5 Å². The van der Waals surface area contributed by atoms with Crippen molar-refractivity contribution in [1.82, 2.24) is 20.2 Å². The number of nitrogens with one attached hydrogen (secondary N) is 1. The first-order valence-electron chi connectivity index (χ1n) is 4.56. The van der Waals surface area contributed by atoms with E-state index in [0.717, 1.165) is 11.3 Å². The second-order valence-electron chi connectivity index (χ2n) is 3.20. The van der Waals surface area contributed by atoms with Crippen molar-refractivity contribution in [1.29, 1.82) is 0 Å². The van der Waals surface area contributed by atoms with E-state index in [2.05, 4.69) is 20.8 Å². The molecule has 6 nitrogen and oxygen atoms in total. The van der Waals surface area contributed by atoms with Crippen molar-refractivity contribution in [2.75, 3.05) is 5.32 Å². The van der Waals surface area contributed by atoms with Gasteiger partial charge in [-0.2, -0.15) is 0 Å². The number of benzene rings is 1. The quantitative estimate of drug-likeness (QED) is 0.738. The van der Waals surface area contributed by atoms with Crippen molar-refractivity contribution >= 4 is 23.0 Å². The summed E-state index contributed by atoms with van der Waals surface area (Å²) in [6.07, 6.45) is 0. The van der Waals surface area contributed by atoms with Gasteiger partial charge < -0.3 is 11.1 Å². The molecule has 0 atom stereocenters. The molecule has 2 aromatic rings. The molecule has 0 aliphatic carbocycles. The summed E-state index contributed by atoms with van der Waals surface area (Å²) in [5.74, 6) is 0.687. The summed E-state index contributed by atoms with van der Waals surface area (Å²) < 4.78 is 1.60. The molecule has 1 aromatic carbocycles. The summed E-state index contributed by atoms with van der Waals surface area (Å²) in [5, 5.41) is 14.4. The van der Waals surface area contributed by atoms with Gasteiger partial charge in [0.05, 0.1) is 0 Å². The van der Waals surface area contributed by atoms with Gasteiger partial charge in [0.1, 0.15) is 0 Å². The van der Waals surface area contributed by atoms with Crippen molar-refractivity contribution in [3.05, 3.63) is 24.3 Å². The van der Waals surface area contributed by atoms with Crippen LogP contribution in [0.2, 0.25) is 0 Å². The molecule has 3 N–H and O–H groups in total. The number of aryl methyl sites for hydroxylation is 1. The third-order valence-corrected chi connectivity index (χ3v) is 2.11. The smallest absolute Gasteiger partial charge is 0.181 e. The first-order chi connectivity index (χ1) is 7.66. The fourth-order valence-electron chi connectivity index (χ4n) is 1.35. The van der Waals surface area contributed by atoms with E-state index < -0.39 is 0 Å². The molecule has 1 heterocycles. The first kappa shape index (κ1) is 10.5. The van der Waals surface area contributed by atoms with Crippen molar-refractivity contribution in [2.24, 2.45) is 12.8 Å². The van der Waals surface area contributed by atoms with Crippen LogP contribution in [-0.4, -0.2) is 25.3 Å². The summed E-state index contributed by atoms with van der Waals surface area (Å²) in [4.78, 5) is 0.